The smallest absolute Gasteiger partial charge is 0.508 e. The summed E-state index contributed by atoms with van der Waals surface area (Å²) in [7, 11) is 0. The number of aryl methyl sites for hydroxylation is 1. The Morgan fingerprint density at radius 1 is 1.25 bits per heavy atom. The monoisotopic (exact) mass is 466 g/mol. The lowest BCUT2D eigenvalue weighted by Gasteiger charge is -2.34. The van der Waals surface area contributed by atoms with E-state index in [4.69, 9.17) is 9.32 Å². The number of hydrogen-bond acceptors (Lipinski definition) is 7. The first-order valence-corrected chi connectivity index (χ1v) is 10.6. The van der Waals surface area contributed by atoms with Crippen LogP contribution in [0.25, 0.3) is 0 Å². The van der Waals surface area contributed by atoms with Crippen LogP contribution >= 0.6 is 12.2 Å². The molecule has 2 aromatic rings. The van der Waals surface area contributed by atoms with E-state index < -0.39 is 12.3 Å². The average Bonchev–Trinajstić information content (AvgIpc) is 3.38. The van der Waals surface area contributed by atoms with E-state index in [0.717, 1.165) is 23.2 Å². The molecular weight excluding hydrogens is 445 g/mol. The fourth-order valence-corrected chi connectivity index (χ4v) is 4.40. The van der Waals surface area contributed by atoms with Crippen LogP contribution in [0.1, 0.15) is 46.4 Å². The summed E-state index contributed by atoms with van der Waals surface area (Å²) >= 11 is 0.485. The third-order valence-electron chi connectivity index (χ3n) is 6.11. The SMILES string of the molecule is Cc1cc([C@@H]2NC(C3CC3(C)c3ccc(OC(F)(F)F)cc3)=C2O)ccc1C(=O)OSN. The van der Waals surface area contributed by atoms with Gasteiger partial charge < -0.3 is 19.3 Å². The van der Waals surface area contributed by atoms with Crippen LogP contribution in [-0.4, -0.2) is 17.4 Å². The number of alkyl halides is 3. The molecule has 2 aliphatic rings. The van der Waals surface area contributed by atoms with Crippen molar-refractivity contribution in [2.24, 2.45) is 11.1 Å². The lowest BCUT2D eigenvalue weighted by atomic mass is 9.88. The van der Waals surface area contributed by atoms with Crippen LogP contribution in [0.5, 0.6) is 5.75 Å². The van der Waals surface area contributed by atoms with Gasteiger partial charge >= 0.3 is 12.3 Å². The van der Waals surface area contributed by atoms with E-state index in [1.54, 1.807) is 37.3 Å². The van der Waals surface area contributed by atoms with E-state index >= 15 is 0 Å². The number of nitrogens with two attached hydrogens (primary N) is 1. The number of aliphatic hydroxyl groups is 1. The number of nitrogens with one attached hydrogen (secondary N) is 1. The normalized spacial score (nSPS) is 24.4. The van der Waals surface area contributed by atoms with Gasteiger partial charge in [0.15, 0.2) is 0 Å². The third kappa shape index (κ3) is 4.12. The van der Waals surface area contributed by atoms with Gasteiger partial charge in [0, 0.05) is 11.3 Å². The van der Waals surface area contributed by atoms with Gasteiger partial charge in [0.25, 0.3) is 0 Å². The van der Waals surface area contributed by atoms with E-state index in [1.807, 2.05) is 6.92 Å². The highest BCUT2D eigenvalue weighted by Crippen LogP contribution is 2.60. The highest BCUT2D eigenvalue weighted by molar-refractivity contribution is 7.92. The number of halogens is 3. The molecule has 170 valence electrons. The van der Waals surface area contributed by atoms with Gasteiger partial charge in [-0.25, -0.2) is 9.93 Å². The van der Waals surface area contributed by atoms with Crippen molar-refractivity contribution in [3.8, 4) is 5.75 Å². The van der Waals surface area contributed by atoms with Crippen molar-refractivity contribution in [2.75, 3.05) is 0 Å². The summed E-state index contributed by atoms with van der Waals surface area (Å²) in [5.74, 6) is -0.546. The van der Waals surface area contributed by atoms with Crippen LogP contribution in [-0.2, 0) is 9.60 Å². The van der Waals surface area contributed by atoms with Crippen LogP contribution in [0, 0.1) is 12.8 Å². The molecule has 1 aliphatic heterocycles. The number of allylic oxidation sites excluding steroid dienone is 1. The van der Waals surface area contributed by atoms with E-state index in [2.05, 4.69) is 10.1 Å². The lowest BCUT2D eigenvalue weighted by molar-refractivity contribution is -0.274. The number of aliphatic hydroxyl groups excluding tert-OH is 1. The third-order valence-corrected chi connectivity index (χ3v) is 6.36. The van der Waals surface area contributed by atoms with Gasteiger partial charge in [-0.1, -0.05) is 31.2 Å². The predicted octanol–water partition coefficient (Wildman–Crippen LogP) is 4.96. The highest BCUT2D eigenvalue weighted by atomic mass is 32.2. The Kier molecular flexibility index (Phi) is 5.54. The summed E-state index contributed by atoms with van der Waals surface area (Å²) in [5.41, 5.74) is 3.20. The van der Waals surface area contributed by atoms with Crippen LogP contribution in [0.15, 0.2) is 53.9 Å². The molecule has 0 bridgehead atoms. The lowest BCUT2D eigenvalue weighted by Crippen LogP contribution is -2.37. The second-order valence-corrected chi connectivity index (χ2v) is 8.52. The molecule has 4 rings (SSSR count). The molecule has 1 heterocycles. The van der Waals surface area contributed by atoms with Gasteiger partial charge in [0.2, 0.25) is 0 Å². The van der Waals surface area contributed by atoms with Crippen molar-refractivity contribution in [1.29, 1.82) is 0 Å². The minimum absolute atomic E-state index is 0.0325. The first-order valence-electron chi connectivity index (χ1n) is 9.77. The van der Waals surface area contributed by atoms with Crippen molar-refractivity contribution in [2.45, 2.75) is 38.1 Å². The second-order valence-electron chi connectivity index (χ2n) is 8.16. The second kappa shape index (κ2) is 7.93. The number of hydrogen-bond donors (Lipinski definition) is 3. The van der Waals surface area contributed by atoms with Gasteiger partial charge in [0.1, 0.15) is 29.8 Å². The Bertz CT molecular complexity index is 1090. The molecule has 0 amide bonds. The molecule has 6 nitrogen and oxygen atoms in total. The van der Waals surface area contributed by atoms with Gasteiger partial charge in [-0.3, -0.25) is 0 Å². The maximum Gasteiger partial charge on any atom is 0.573 e. The fourth-order valence-electron chi connectivity index (χ4n) is 4.22. The number of benzene rings is 2. The van der Waals surface area contributed by atoms with Gasteiger partial charge in [0.05, 0.1) is 11.3 Å². The van der Waals surface area contributed by atoms with E-state index in [0.29, 0.717) is 23.4 Å². The van der Waals surface area contributed by atoms with E-state index in [1.165, 1.54) is 12.1 Å². The summed E-state index contributed by atoms with van der Waals surface area (Å²) in [5, 5.41) is 19.2. The Morgan fingerprint density at radius 3 is 2.50 bits per heavy atom. The largest absolute Gasteiger partial charge is 0.573 e. The molecule has 1 aliphatic carbocycles. The molecule has 3 atom stereocenters. The Balaban J connectivity index is 1.46. The minimum atomic E-state index is -4.73. The summed E-state index contributed by atoms with van der Waals surface area (Å²) in [6.45, 7) is 3.78. The number of ether oxygens (including phenoxy) is 1. The standard InChI is InChI=1S/C22H21F3N2O4S/c1-11-9-12(3-8-15(11)20(29)31-32-26)17-19(28)18(27-17)16-10-21(16,2)13-4-6-14(7-5-13)30-22(23,24)25/h3-9,16-17,27-28H,10,26H2,1-2H3/t16?,17-,21?/m0/s1. The molecule has 0 radical (unpaired) electrons. The molecule has 32 heavy (non-hydrogen) atoms. The quantitative estimate of drug-likeness (QED) is 0.409. The Labute approximate surface area is 186 Å². The molecule has 1 fully saturated rings. The molecule has 0 spiro atoms. The maximum atomic E-state index is 12.4. The van der Waals surface area contributed by atoms with Crippen molar-refractivity contribution >= 4 is 18.2 Å². The number of carbonyl (C=O) groups is 1. The Morgan fingerprint density at radius 2 is 1.94 bits per heavy atom. The van der Waals surface area contributed by atoms with E-state index in [9.17, 15) is 23.1 Å². The number of rotatable bonds is 6. The zero-order valence-corrected chi connectivity index (χ0v) is 18.0. The van der Waals surface area contributed by atoms with Crippen molar-refractivity contribution < 1.29 is 32.0 Å². The summed E-state index contributed by atoms with van der Waals surface area (Å²) < 4.78 is 45.7. The zero-order chi connectivity index (χ0) is 23.3. The van der Waals surface area contributed by atoms with Gasteiger partial charge in [-0.05, 0) is 48.2 Å². The molecular formula is C22H21F3N2O4S. The summed E-state index contributed by atoms with van der Waals surface area (Å²) in [4.78, 5) is 11.9. The first kappa shape index (κ1) is 22.3. The molecule has 0 aromatic heterocycles. The fraction of sp³-hybridized carbons (Fsp3) is 0.318. The zero-order valence-electron chi connectivity index (χ0n) is 17.2. The van der Waals surface area contributed by atoms with Crippen molar-refractivity contribution in [3.63, 3.8) is 0 Å². The van der Waals surface area contributed by atoms with Crippen LogP contribution in [0.2, 0.25) is 0 Å². The van der Waals surface area contributed by atoms with Gasteiger partial charge in [-0.15, -0.1) is 13.2 Å². The predicted molar refractivity (Wildman–Crippen MR) is 112 cm³/mol. The van der Waals surface area contributed by atoms with E-state index in [-0.39, 0.29) is 28.9 Å². The molecule has 10 heteroatoms. The summed E-state index contributed by atoms with van der Waals surface area (Å²) in [6, 6.07) is 10.6. The topological polar surface area (TPSA) is 93.8 Å². The summed E-state index contributed by atoms with van der Waals surface area (Å²) in [6.07, 6.45) is -3.97. The first-order chi connectivity index (χ1) is 15.0. The Hall–Kier alpha value is -2.85. The molecule has 4 N–H and O–H groups in total. The van der Waals surface area contributed by atoms with Crippen molar-refractivity contribution in [3.05, 3.63) is 76.2 Å². The molecule has 2 aromatic carbocycles. The molecule has 1 saturated carbocycles. The molecule has 0 saturated heterocycles. The molecule has 2 unspecified atom stereocenters. The van der Waals surface area contributed by atoms with Crippen LogP contribution < -0.4 is 15.2 Å². The maximum absolute atomic E-state index is 12.4. The average molecular weight is 466 g/mol. The number of carbonyl (C=O) groups excluding carboxylic acids is 1. The van der Waals surface area contributed by atoms with Crippen LogP contribution in [0.3, 0.4) is 0 Å². The minimum Gasteiger partial charge on any atom is -0.508 e. The van der Waals surface area contributed by atoms with Gasteiger partial charge in [-0.2, -0.15) is 0 Å². The van der Waals surface area contributed by atoms with Crippen LogP contribution in [0.4, 0.5) is 13.2 Å². The highest BCUT2D eigenvalue weighted by Gasteiger charge is 2.56. The van der Waals surface area contributed by atoms with Crippen molar-refractivity contribution in [1.82, 2.24) is 5.32 Å².